The van der Waals surface area contributed by atoms with Crippen molar-refractivity contribution in [2.75, 3.05) is 0 Å². The van der Waals surface area contributed by atoms with Crippen LogP contribution in [-0.2, 0) is 6.42 Å². The van der Waals surface area contributed by atoms with E-state index in [0.717, 1.165) is 24.4 Å². The highest BCUT2D eigenvalue weighted by atomic mass is 15.3. The Morgan fingerprint density at radius 1 is 1.42 bits per heavy atom. The molecule has 7 nitrogen and oxygen atoms in total. The summed E-state index contributed by atoms with van der Waals surface area (Å²) in [7, 11) is 0. The monoisotopic (exact) mass is 263 g/mol. The quantitative estimate of drug-likeness (QED) is 0.513. The van der Waals surface area contributed by atoms with Gasteiger partial charge in [-0.3, -0.25) is 15.6 Å². The smallest absolute Gasteiger partial charge is 0.143 e. The number of hydrazine groups is 1. The predicted molar refractivity (Wildman–Crippen MR) is 72.0 cm³/mol. The highest BCUT2D eigenvalue weighted by Crippen LogP contribution is 2.17. The van der Waals surface area contributed by atoms with E-state index in [9.17, 15) is 0 Å². The van der Waals surface area contributed by atoms with Crippen LogP contribution in [0.3, 0.4) is 0 Å². The summed E-state index contributed by atoms with van der Waals surface area (Å²) in [4.78, 5) is 4.11. The van der Waals surface area contributed by atoms with Crippen molar-refractivity contribution >= 4 is 0 Å². The molecule has 0 aliphatic heterocycles. The highest BCUT2D eigenvalue weighted by molar-refractivity contribution is 5.05. The molecule has 0 fully saturated rings. The van der Waals surface area contributed by atoms with Crippen LogP contribution in [0.1, 0.15) is 50.3 Å². The van der Waals surface area contributed by atoms with Crippen molar-refractivity contribution in [2.45, 2.75) is 45.2 Å². The minimum atomic E-state index is -0.104. The van der Waals surface area contributed by atoms with Gasteiger partial charge < -0.3 is 0 Å². The lowest BCUT2D eigenvalue weighted by molar-refractivity contribution is 0.421. The molecule has 2 aromatic heterocycles. The first-order valence-corrected chi connectivity index (χ1v) is 6.63. The number of nitrogens with one attached hydrogen (secondary N) is 2. The fourth-order valence-corrected chi connectivity index (χ4v) is 2.18. The molecule has 0 aliphatic carbocycles. The second-order valence-electron chi connectivity index (χ2n) is 4.55. The summed E-state index contributed by atoms with van der Waals surface area (Å²) < 4.78 is 2.03. The van der Waals surface area contributed by atoms with Gasteiger partial charge in [-0.2, -0.15) is 10.2 Å². The Labute approximate surface area is 112 Å². The summed E-state index contributed by atoms with van der Waals surface area (Å²) in [6, 6.07) is 2.38. The molecule has 0 saturated heterocycles. The van der Waals surface area contributed by atoms with Crippen LogP contribution >= 0.6 is 0 Å². The van der Waals surface area contributed by atoms with Gasteiger partial charge in [0.25, 0.3) is 0 Å². The van der Waals surface area contributed by atoms with Crippen LogP contribution < -0.4 is 11.3 Å². The van der Waals surface area contributed by atoms with Crippen molar-refractivity contribution in [3.05, 3.63) is 30.1 Å². The van der Waals surface area contributed by atoms with E-state index >= 15 is 0 Å². The molecule has 19 heavy (non-hydrogen) atoms. The number of nitrogens with two attached hydrogens (primary N) is 1. The molecule has 4 N–H and O–H groups in total. The van der Waals surface area contributed by atoms with E-state index in [-0.39, 0.29) is 6.04 Å². The Kier molecular flexibility index (Phi) is 4.64. The van der Waals surface area contributed by atoms with Crippen molar-refractivity contribution in [1.82, 2.24) is 30.4 Å². The Morgan fingerprint density at radius 3 is 2.79 bits per heavy atom. The minimum absolute atomic E-state index is 0.104. The van der Waals surface area contributed by atoms with E-state index in [4.69, 9.17) is 5.84 Å². The van der Waals surface area contributed by atoms with Gasteiger partial charge in [-0.25, -0.2) is 10.4 Å². The summed E-state index contributed by atoms with van der Waals surface area (Å²) in [6.45, 7) is 4.35. The molecule has 0 saturated carbocycles. The summed E-state index contributed by atoms with van der Waals surface area (Å²) in [6.07, 6.45) is 6.35. The molecule has 0 aromatic carbocycles. The van der Waals surface area contributed by atoms with E-state index in [1.54, 1.807) is 0 Å². The number of rotatable bonds is 7. The summed E-state index contributed by atoms with van der Waals surface area (Å²) >= 11 is 0. The maximum Gasteiger partial charge on any atom is 0.143 e. The summed E-state index contributed by atoms with van der Waals surface area (Å²) in [5.74, 6) is 6.28. The number of aromatic amines is 1. The Morgan fingerprint density at radius 2 is 2.21 bits per heavy atom. The van der Waals surface area contributed by atoms with E-state index in [2.05, 4.69) is 39.6 Å². The molecule has 7 heteroatoms. The molecular weight excluding hydrogens is 242 g/mol. The van der Waals surface area contributed by atoms with Crippen LogP contribution in [-0.4, -0.2) is 25.0 Å². The van der Waals surface area contributed by atoms with Crippen molar-refractivity contribution in [1.29, 1.82) is 0 Å². The van der Waals surface area contributed by atoms with Gasteiger partial charge in [0.05, 0.1) is 17.8 Å². The molecule has 2 aromatic rings. The fourth-order valence-electron chi connectivity index (χ4n) is 2.18. The van der Waals surface area contributed by atoms with Gasteiger partial charge in [-0.05, 0) is 18.9 Å². The van der Waals surface area contributed by atoms with Crippen molar-refractivity contribution in [3.8, 4) is 0 Å². The Hall–Kier alpha value is -1.73. The zero-order valence-electron chi connectivity index (χ0n) is 11.4. The molecular formula is C12H21N7. The summed E-state index contributed by atoms with van der Waals surface area (Å²) in [5, 5.41) is 11.3. The van der Waals surface area contributed by atoms with Gasteiger partial charge in [-0.1, -0.05) is 13.8 Å². The van der Waals surface area contributed by atoms with E-state index < -0.39 is 0 Å². The van der Waals surface area contributed by atoms with Gasteiger partial charge in [0.1, 0.15) is 12.2 Å². The van der Waals surface area contributed by atoms with Gasteiger partial charge in [0, 0.05) is 12.6 Å². The third kappa shape index (κ3) is 3.18. The first-order chi connectivity index (χ1) is 9.28. The molecule has 0 spiro atoms. The van der Waals surface area contributed by atoms with Crippen LogP contribution in [0.25, 0.3) is 0 Å². The first-order valence-electron chi connectivity index (χ1n) is 6.63. The van der Waals surface area contributed by atoms with Crippen LogP contribution in [0.5, 0.6) is 0 Å². The third-order valence-electron chi connectivity index (χ3n) is 3.36. The van der Waals surface area contributed by atoms with Crippen molar-refractivity contribution in [3.63, 3.8) is 0 Å². The topological polar surface area (TPSA) is 97.4 Å². The molecule has 0 bridgehead atoms. The second-order valence-corrected chi connectivity index (χ2v) is 4.55. The standard InChI is InChI=1S/C12H21N7/c1-3-10(4-2)19-6-5-9(18-19)7-11(16-13)12-14-8-15-17-12/h5-6,8,10-11,16H,3-4,7,13H2,1-2H3,(H,14,15,17). The predicted octanol–water partition coefficient (Wildman–Crippen LogP) is 1.11. The molecule has 1 atom stereocenters. The molecule has 0 amide bonds. The SMILES string of the molecule is CCC(CC)n1ccc(CC(NN)c2ncn[nH]2)n1. The lowest BCUT2D eigenvalue weighted by Crippen LogP contribution is -2.30. The average molecular weight is 263 g/mol. The molecule has 104 valence electrons. The van der Waals surface area contributed by atoms with E-state index in [1.165, 1.54) is 6.33 Å². The molecule has 2 heterocycles. The van der Waals surface area contributed by atoms with Crippen LogP contribution in [0, 0.1) is 0 Å². The highest BCUT2D eigenvalue weighted by Gasteiger charge is 2.16. The number of hydrogen-bond donors (Lipinski definition) is 3. The maximum atomic E-state index is 5.56. The Balaban J connectivity index is 2.06. The van der Waals surface area contributed by atoms with Gasteiger partial charge in [-0.15, -0.1) is 0 Å². The fraction of sp³-hybridized carbons (Fsp3) is 0.583. The van der Waals surface area contributed by atoms with Gasteiger partial charge >= 0.3 is 0 Å². The van der Waals surface area contributed by atoms with Crippen LogP contribution in [0.4, 0.5) is 0 Å². The number of hydrogen-bond acceptors (Lipinski definition) is 5. The largest absolute Gasteiger partial charge is 0.271 e. The Bertz CT molecular complexity index is 472. The summed E-state index contributed by atoms with van der Waals surface area (Å²) in [5.41, 5.74) is 3.73. The zero-order valence-corrected chi connectivity index (χ0v) is 11.4. The minimum Gasteiger partial charge on any atom is -0.271 e. The molecule has 2 rings (SSSR count). The first kappa shape index (κ1) is 13.7. The van der Waals surface area contributed by atoms with E-state index in [1.807, 2.05) is 16.9 Å². The molecule has 0 aliphatic rings. The van der Waals surface area contributed by atoms with Crippen molar-refractivity contribution < 1.29 is 0 Å². The molecule has 0 radical (unpaired) electrons. The molecule has 1 unspecified atom stereocenters. The number of aromatic nitrogens is 5. The normalized spacial score (nSPS) is 13.1. The van der Waals surface area contributed by atoms with Gasteiger partial charge in [0.15, 0.2) is 0 Å². The third-order valence-corrected chi connectivity index (χ3v) is 3.36. The maximum absolute atomic E-state index is 5.56. The zero-order chi connectivity index (χ0) is 13.7. The van der Waals surface area contributed by atoms with Crippen LogP contribution in [0.15, 0.2) is 18.6 Å². The average Bonchev–Trinajstić information content (AvgIpc) is 3.09. The number of H-pyrrole nitrogens is 1. The van der Waals surface area contributed by atoms with Crippen LogP contribution in [0.2, 0.25) is 0 Å². The van der Waals surface area contributed by atoms with E-state index in [0.29, 0.717) is 12.5 Å². The number of nitrogens with zero attached hydrogens (tertiary/aromatic N) is 4. The second kappa shape index (κ2) is 6.44. The van der Waals surface area contributed by atoms with Gasteiger partial charge in [0.2, 0.25) is 0 Å². The van der Waals surface area contributed by atoms with Crippen molar-refractivity contribution in [2.24, 2.45) is 5.84 Å². The lowest BCUT2D eigenvalue weighted by Gasteiger charge is -2.13. The lowest BCUT2D eigenvalue weighted by atomic mass is 10.1.